The minimum absolute atomic E-state index is 0.0510. The minimum atomic E-state index is -1.01. The molecule has 1 saturated heterocycles. The highest BCUT2D eigenvalue weighted by molar-refractivity contribution is 7.17. The molecule has 1 aromatic heterocycles. The van der Waals surface area contributed by atoms with Crippen LogP contribution in [0.3, 0.4) is 0 Å². The van der Waals surface area contributed by atoms with E-state index in [2.05, 4.69) is 0 Å². The molecule has 6 nitrogen and oxygen atoms in total. The highest BCUT2D eigenvalue weighted by atomic mass is 35.5. The van der Waals surface area contributed by atoms with Crippen LogP contribution in [0, 0.1) is 0 Å². The number of halogens is 1. The zero-order chi connectivity index (χ0) is 22.9. The normalized spacial score (nSPS) is 17.8. The van der Waals surface area contributed by atoms with Gasteiger partial charge < -0.3 is 14.9 Å². The number of benzene rings is 2. The lowest BCUT2D eigenvalue weighted by molar-refractivity contribution is -0.137. The van der Waals surface area contributed by atoms with Crippen molar-refractivity contribution in [3.05, 3.63) is 64.5 Å². The molecule has 32 heavy (non-hydrogen) atoms. The summed E-state index contributed by atoms with van der Waals surface area (Å²) in [4.78, 5) is 41.3. The maximum atomic E-state index is 13.7. The Kier molecular flexibility index (Phi) is 6.22. The van der Waals surface area contributed by atoms with E-state index >= 15 is 0 Å². The fraction of sp³-hybridized carbons (Fsp3) is 0.292. The minimum Gasteiger partial charge on any atom is -0.481 e. The van der Waals surface area contributed by atoms with Crippen molar-refractivity contribution in [2.75, 3.05) is 18.0 Å². The van der Waals surface area contributed by atoms with Gasteiger partial charge in [-0.05, 0) is 44.0 Å². The van der Waals surface area contributed by atoms with Crippen LogP contribution in [0.15, 0.2) is 53.9 Å². The van der Waals surface area contributed by atoms with Crippen molar-refractivity contribution in [1.82, 2.24) is 4.90 Å². The number of aliphatic carboxylic acids is 1. The maximum absolute atomic E-state index is 13.7. The molecule has 2 aromatic carbocycles. The van der Waals surface area contributed by atoms with Crippen molar-refractivity contribution in [1.29, 1.82) is 0 Å². The van der Waals surface area contributed by atoms with Crippen LogP contribution in [0.4, 0.5) is 5.69 Å². The number of likely N-dealkylation sites (tertiary alicyclic amines) is 1. The van der Waals surface area contributed by atoms with Gasteiger partial charge in [0, 0.05) is 45.7 Å². The zero-order valence-electron chi connectivity index (χ0n) is 17.6. The third-order valence-electron chi connectivity index (χ3n) is 5.97. The van der Waals surface area contributed by atoms with Crippen molar-refractivity contribution in [3.8, 4) is 0 Å². The van der Waals surface area contributed by atoms with E-state index in [1.54, 1.807) is 41.0 Å². The lowest BCUT2D eigenvalue weighted by Crippen LogP contribution is -2.68. The molecule has 2 heterocycles. The Morgan fingerprint density at radius 1 is 1.19 bits per heavy atom. The van der Waals surface area contributed by atoms with Crippen LogP contribution in [0.25, 0.3) is 10.1 Å². The summed E-state index contributed by atoms with van der Waals surface area (Å²) >= 11 is 7.66. The van der Waals surface area contributed by atoms with Gasteiger partial charge in [-0.2, -0.15) is 0 Å². The Morgan fingerprint density at radius 2 is 1.97 bits per heavy atom. The second kappa shape index (κ2) is 8.92. The van der Waals surface area contributed by atoms with Gasteiger partial charge in [-0.3, -0.25) is 14.4 Å². The first kappa shape index (κ1) is 22.3. The quantitative estimate of drug-likeness (QED) is 0.523. The molecule has 0 spiro atoms. The van der Waals surface area contributed by atoms with Crippen molar-refractivity contribution < 1.29 is 19.5 Å². The van der Waals surface area contributed by atoms with E-state index in [0.29, 0.717) is 35.7 Å². The lowest BCUT2D eigenvalue weighted by atomic mass is 9.84. The van der Waals surface area contributed by atoms with Gasteiger partial charge in [-0.1, -0.05) is 35.9 Å². The molecule has 0 aliphatic carbocycles. The molecule has 1 unspecified atom stereocenters. The molecule has 0 radical (unpaired) electrons. The van der Waals surface area contributed by atoms with Gasteiger partial charge in [-0.15, -0.1) is 11.3 Å². The Labute approximate surface area is 195 Å². The van der Waals surface area contributed by atoms with E-state index in [1.165, 1.54) is 11.3 Å². The Hall–Kier alpha value is -2.90. The monoisotopic (exact) mass is 470 g/mol. The van der Waals surface area contributed by atoms with E-state index in [0.717, 1.165) is 10.1 Å². The number of amides is 2. The third kappa shape index (κ3) is 4.10. The predicted octanol–water partition coefficient (Wildman–Crippen LogP) is 5.06. The van der Waals surface area contributed by atoms with Gasteiger partial charge >= 0.3 is 5.97 Å². The molecule has 1 atom stereocenters. The van der Waals surface area contributed by atoms with E-state index in [9.17, 15) is 14.4 Å². The molecule has 1 aliphatic heterocycles. The number of anilines is 1. The van der Waals surface area contributed by atoms with Crippen LogP contribution < -0.4 is 4.90 Å². The fourth-order valence-electron chi connectivity index (χ4n) is 4.07. The standard InChI is InChI=1S/C24H23ClN2O4S/c1-24(11-13-27(24)22(30)19-15-32-20-9-3-2-8-18(19)20)23(31)26(12-5-10-21(28)29)17-7-4-6-16(25)14-17/h2-4,6-9,14-15H,5,10-13H2,1H3,(H,28,29). The van der Waals surface area contributed by atoms with E-state index in [1.807, 2.05) is 29.6 Å². The second-order valence-corrected chi connectivity index (χ2v) is 9.41. The van der Waals surface area contributed by atoms with Crippen LogP contribution >= 0.6 is 22.9 Å². The summed E-state index contributed by atoms with van der Waals surface area (Å²) in [6.45, 7) is 2.49. The number of thiophene rings is 1. The van der Waals surface area contributed by atoms with E-state index in [-0.39, 0.29) is 24.8 Å². The summed E-state index contributed by atoms with van der Waals surface area (Å²) in [5.41, 5.74) is 0.185. The molecule has 0 bridgehead atoms. The van der Waals surface area contributed by atoms with Gasteiger partial charge in [-0.25, -0.2) is 0 Å². The van der Waals surface area contributed by atoms with Gasteiger partial charge in [0.2, 0.25) is 0 Å². The van der Waals surface area contributed by atoms with E-state index < -0.39 is 11.5 Å². The number of hydrogen-bond donors (Lipinski definition) is 1. The highest BCUT2D eigenvalue weighted by Crippen LogP contribution is 2.37. The first-order chi connectivity index (χ1) is 15.3. The molecule has 1 aliphatic rings. The molecule has 1 N–H and O–H groups in total. The number of carbonyl (C=O) groups is 3. The predicted molar refractivity (Wildman–Crippen MR) is 127 cm³/mol. The lowest BCUT2D eigenvalue weighted by Gasteiger charge is -2.50. The molecule has 8 heteroatoms. The average molecular weight is 471 g/mol. The number of hydrogen-bond acceptors (Lipinski definition) is 4. The average Bonchev–Trinajstić information content (AvgIpc) is 3.19. The van der Waals surface area contributed by atoms with Crippen LogP contribution in [0.5, 0.6) is 0 Å². The molecule has 4 rings (SSSR count). The number of rotatable bonds is 7. The smallest absolute Gasteiger partial charge is 0.303 e. The third-order valence-corrected chi connectivity index (χ3v) is 7.17. The van der Waals surface area contributed by atoms with Crippen molar-refractivity contribution in [2.24, 2.45) is 0 Å². The van der Waals surface area contributed by atoms with Gasteiger partial charge in [0.1, 0.15) is 5.54 Å². The summed E-state index contributed by atoms with van der Waals surface area (Å²) in [6, 6.07) is 14.6. The molecular formula is C24H23ClN2O4S. The highest BCUT2D eigenvalue weighted by Gasteiger charge is 2.51. The molecule has 2 amide bonds. The Bertz CT molecular complexity index is 1190. The summed E-state index contributed by atoms with van der Waals surface area (Å²) in [7, 11) is 0. The fourth-order valence-corrected chi connectivity index (χ4v) is 5.19. The van der Waals surface area contributed by atoms with Crippen molar-refractivity contribution in [3.63, 3.8) is 0 Å². The number of carboxylic acids is 1. The van der Waals surface area contributed by atoms with Gasteiger partial charge in [0.05, 0.1) is 5.56 Å². The Balaban J connectivity index is 1.62. The number of carbonyl (C=O) groups excluding carboxylic acids is 2. The largest absolute Gasteiger partial charge is 0.481 e. The molecule has 166 valence electrons. The van der Waals surface area contributed by atoms with Crippen LogP contribution in [-0.4, -0.2) is 46.4 Å². The molecule has 0 saturated carbocycles. The number of nitrogens with zero attached hydrogens (tertiary/aromatic N) is 2. The summed E-state index contributed by atoms with van der Waals surface area (Å²) in [5, 5.41) is 12.2. The number of fused-ring (bicyclic) bond motifs is 1. The van der Waals surface area contributed by atoms with Crippen molar-refractivity contribution in [2.45, 2.75) is 31.7 Å². The zero-order valence-corrected chi connectivity index (χ0v) is 19.2. The number of carboxylic acid groups (broad SMARTS) is 1. The Morgan fingerprint density at radius 3 is 2.66 bits per heavy atom. The SMILES string of the molecule is CC1(C(=O)N(CCCC(=O)O)c2cccc(Cl)c2)CCN1C(=O)c1csc2ccccc12. The van der Waals surface area contributed by atoms with Gasteiger partial charge in [0.25, 0.3) is 11.8 Å². The first-order valence-electron chi connectivity index (χ1n) is 10.4. The van der Waals surface area contributed by atoms with E-state index in [4.69, 9.17) is 16.7 Å². The second-order valence-electron chi connectivity index (χ2n) is 8.06. The molecular weight excluding hydrogens is 448 g/mol. The van der Waals surface area contributed by atoms with Crippen LogP contribution in [0.1, 0.15) is 36.5 Å². The van der Waals surface area contributed by atoms with Crippen LogP contribution in [0.2, 0.25) is 5.02 Å². The topological polar surface area (TPSA) is 77.9 Å². The first-order valence-corrected chi connectivity index (χ1v) is 11.6. The van der Waals surface area contributed by atoms with Crippen molar-refractivity contribution >= 4 is 56.5 Å². The molecule has 3 aromatic rings. The summed E-state index contributed by atoms with van der Waals surface area (Å²) in [5.74, 6) is -1.31. The summed E-state index contributed by atoms with van der Waals surface area (Å²) < 4.78 is 1.03. The van der Waals surface area contributed by atoms with Gasteiger partial charge in [0.15, 0.2) is 0 Å². The summed E-state index contributed by atoms with van der Waals surface area (Å²) in [6.07, 6.45) is 0.785. The maximum Gasteiger partial charge on any atom is 0.303 e. The van der Waals surface area contributed by atoms with Crippen LogP contribution in [-0.2, 0) is 9.59 Å². The molecule has 1 fully saturated rings.